The SMILES string of the molecule is Cc1cc(C#N)cc(Cl)c1Oc1nc(/N=N/C2CCN(Cc3ccc(C(N)=O)cc3Cl)CC2)ncc1Br. The van der Waals surface area contributed by atoms with Crippen LogP contribution in [0.15, 0.2) is 51.2 Å². The largest absolute Gasteiger partial charge is 0.436 e. The molecular formula is C25H22BrCl2N7O2. The first-order chi connectivity index (χ1) is 17.7. The van der Waals surface area contributed by atoms with Gasteiger partial charge in [-0.25, -0.2) is 4.98 Å². The number of likely N-dealkylation sites (tertiary alicyclic amines) is 1. The Bertz CT molecular complexity index is 1380. The molecule has 1 aromatic heterocycles. The van der Waals surface area contributed by atoms with E-state index in [-0.39, 0.29) is 17.9 Å². The molecule has 0 saturated carbocycles. The van der Waals surface area contributed by atoms with Gasteiger partial charge in [-0.05, 0) is 71.1 Å². The van der Waals surface area contributed by atoms with E-state index in [9.17, 15) is 4.79 Å². The zero-order valence-electron chi connectivity index (χ0n) is 19.8. The number of nitrogens with zero attached hydrogens (tertiary/aromatic N) is 6. The zero-order valence-corrected chi connectivity index (χ0v) is 22.9. The number of nitriles is 1. The van der Waals surface area contributed by atoms with E-state index in [1.807, 2.05) is 6.07 Å². The van der Waals surface area contributed by atoms with Gasteiger partial charge in [0.2, 0.25) is 11.8 Å². The fourth-order valence-corrected chi connectivity index (χ4v) is 4.70. The van der Waals surface area contributed by atoms with Gasteiger partial charge in [0.1, 0.15) is 0 Å². The third kappa shape index (κ3) is 6.81. The summed E-state index contributed by atoms with van der Waals surface area (Å²) in [5.41, 5.74) is 7.80. The van der Waals surface area contributed by atoms with Crippen LogP contribution in [0.5, 0.6) is 11.6 Å². The van der Waals surface area contributed by atoms with Crippen LogP contribution in [0.2, 0.25) is 10.0 Å². The highest BCUT2D eigenvalue weighted by Gasteiger charge is 2.20. The minimum Gasteiger partial charge on any atom is -0.436 e. The number of amides is 1. The minimum atomic E-state index is -0.499. The second-order valence-electron chi connectivity index (χ2n) is 8.53. The Kier molecular flexibility index (Phi) is 8.71. The van der Waals surface area contributed by atoms with Crippen LogP contribution in [-0.4, -0.2) is 39.9 Å². The number of halogens is 3. The summed E-state index contributed by atoms with van der Waals surface area (Å²) >= 11 is 16.0. The Labute approximate surface area is 232 Å². The van der Waals surface area contributed by atoms with Crippen LogP contribution < -0.4 is 10.5 Å². The van der Waals surface area contributed by atoms with Crippen LogP contribution >= 0.6 is 39.1 Å². The van der Waals surface area contributed by atoms with Gasteiger partial charge in [0, 0.05) is 30.2 Å². The Balaban J connectivity index is 1.37. The lowest BCUT2D eigenvalue weighted by molar-refractivity contribution is 0.1000. The first-order valence-corrected chi connectivity index (χ1v) is 12.9. The first kappa shape index (κ1) is 26.9. The van der Waals surface area contributed by atoms with E-state index in [1.165, 1.54) is 6.07 Å². The number of piperidine rings is 1. The van der Waals surface area contributed by atoms with E-state index < -0.39 is 5.91 Å². The number of carbonyl (C=O) groups excluding carboxylic acids is 1. The number of aryl methyl sites for hydroxylation is 1. The summed E-state index contributed by atoms with van der Waals surface area (Å²) in [6.07, 6.45) is 3.18. The van der Waals surface area contributed by atoms with Crippen molar-refractivity contribution >= 4 is 51.0 Å². The van der Waals surface area contributed by atoms with Crippen molar-refractivity contribution in [2.75, 3.05) is 13.1 Å². The number of ether oxygens (including phenoxy) is 1. The Morgan fingerprint density at radius 3 is 2.68 bits per heavy atom. The van der Waals surface area contributed by atoms with E-state index in [0.717, 1.165) is 31.5 Å². The van der Waals surface area contributed by atoms with Gasteiger partial charge >= 0.3 is 0 Å². The highest BCUT2D eigenvalue weighted by atomic mass is 79.9. The summed E-state index contributed by atoms with van der Waals surface area (Å²) in [4.78, 5) is 22.2. The van der Waals surface area contributed by atoms with Crippen molar-refractivity contribution in [1.82, 2.24) is 14.9 Å². The van der Waals surface area contributed by atoms with Crippen molar-refractivity contribution in [2.45, 2.75) is 32.4 Å². The molecule has 1 aliphatic rings. The van der Waals surface area contributed by atoms with Crippen molar-refractivity contribution in [1.29, 1.82) is 5.26 Å². The zero-order chi connectivity index (χ0) is 26.5. The molecule has 37 heavy (non-hydrogen) atoms. The van der Waals surface area contributed by atoms with Gasteiger partial charge in [0.05, 0.1) is 33.4 Å². The minimum absolute atomic E-state index is 0.0378. The van der Waals surface area contributed by atoms with E-state index >= 15 is 0 Å². The van der Waals surface area contributed by atoms with Gasteiger partial charge in [0.25, 0.3) is 5.95 Å². The summed E-state index contributed by atoms with van der Waals surface area (Å²) in [6, 6.07) is 10.5. The van der Waals surface area contributed by atoms with Crippen LogP contribution in [0.3, 0.4) is 0 Å². The lowest BCUT2D eigenvalue weighted by atomic mass is 10.0. The number of carbonyl (C=O) groups is 1. The number of azo groups is 1. The second-order valence-corrected chi connectivity index (χ2v) is 10.2. The number of rotatable bonds is 7. The number of hydrogen-bond acceptors (Lipinski definition) is 8. The topological polar surface area (TPSA) is 130 Å². The fraction of sp³-hybridized carbons (Fsp3) is 0.280. The summed E-state index contributed by atoms with van der Waals surface area (Å²) in [5.74, 6) is 0.318. The molecule has 0 spiro atoms. The van der Waals surface area contributed by atoms with Crippen LogP contribution in [0.25, 0.3) is 0 Å². The fourth-order valence-electron chi connectivity index (χ4n) is 3.88. The van der Waals surface area contributed by atoms with E-state index in [0.29, 0.717) is 43.5 Å². The molecule has 2 heterocycles. The maximum Gasteiger partial charge on any atom is 0.271 e. The molecule has 0 aliphatic carbocycles. The summed E-state index contributed by atoms with van der Waals surface area (Å²) in [5, 5.41) is 18.6. The van der Waals surface area contributed by atoms with Gasteiger partial charge in [-0.2, -0.15) is 15.4 Å². The third-order valence-electron chi connectivity index (χ3n) is 5.86. The average molecular weight is 603 g/mol. The van der Waals surface area contributed by atoms with E-state index in [1.54, 1.807) is 31.3 Å². The standard InChI is InChI=1S/C25H22BrCl2N7O2/c1-14-8-15(11-29)9-21(28)22(14)37-24-19(26)12-31-25(32-24)34-33-18-4-6-35(7-5-18)13-17-3-2-16(23(30)36)10-20(17)27/h2-3,8-10,12,18H,4-7,13H2,1H3,(H2,30,36)/b34-33+. The molecule has 2 aromatic carbocycles. The summed E-state index contributed by atoms with van der Waals surface area (Å²) in [7, 11) is 0. The highest BCUT2D eigenvalue weighted by Crippen LogP contribution is 2.36. The first-order valence-electron chi connectivity index (χ1n) is 11.4. The molecule has 1 saturated heterocycles. The van der Waals surface area contributed by atoms with Gasteiger partial charge in [-0.1, -0.05) is 29.3 Å². The monoisotopic (exact) mass is 601 g/mol. The smallest absolute Gasteiger partial charge is 0.271 e. The van der Waals surface area contributed by atoms with Gasteiger partial charge < -0.3 is 10.5 Å². The second kappa shape index (κ2) is 12.0. The van der Waals surface area contributed by atoms with Crippen LogP contribution in [0.4, 0.5) is 5.95 Å². The molecule has 0 radical (unpaired) electrons. The lowest BCUT2D eigenvalue weighted by Crippen LogP contribution is -2.34. The average Bonchev–Trinajstić information content (AvgIpc) is 2.88. The van der Waals surface area contributed by atoms with Crippen molar-refractivity contribution in [3.05, 3.63) is 73.3 Å². The Morgan fingerprint density at radius 2 is 2.03 bits per heavy atom. The van der Waals surface area contributed by atoms with Crippen LogP contribution in [0, 0.1) is 18.3 Å². The maximum absolute atomic E-state index is 11.3. The van der Waals surface area contributed by atoms with E-state index in [4.69, 9.17) is 38.9 Å². The molecule has 1 amide bonds. The molecule has 2 N–H and O–H groups in total. The summed E-state index contributed by atoms with van der Waals surface area (Å²) < 4.78 is 6.45. The number of benzene rings is 2. The van der Waals surface area contributed by atoms with Gasteiger partial charge in [-0.15, -0.1) is 5.11 Å². The Hall–Kier alpha value is -3.10. The van der Waals surface area contributed by atoms with Crippen LogP contribution in [-0.2, 0) is 6.54 Å². The van der Waals surface area contributed by atoms with Crippen molar-refractivity contribution in [2.24, 2.45) is 16.0 Å². The molecule has 0 atom stereocenters. The van der Waals surface area contributed by atoms with Crippen LogP contribution in [0.1, 0.15) is 39.9 Å². The molecule has 1 fully saturated rings. The van der Waals surface area contributed by atoms with Crippen molar-refractivity contribution in [3.8, 4) is 17.7 Å². The number of hydrogen-bond donors (Lipinski definition) is 1. The summed E-state index contributed by atoms with van der Waals surface area (Å²) in [6.45, 7) is 4.12. The van der Waals surface area contributed by atoms with Crippen molar-refractivity contribution < 1.29 is 9.53 Å². The predicted molar refractivity (Wildman–Crippen MR) is 143 cm³/mol. The normalized spacial score (nSPS) is 14.6. The predicted octanol–water partition coefficient (Wildman–Crippen LogP) is 6.37. The molecule has 9 nitrogen and oxygen atoms in total. The van der Waals surface area contributed by atoms with Gasteiger partial charge in [-0.3, -0.25) is 9.69 Å². The molecule has 0 unspecified atom stereocenters. The molecule has 3 aromatic rings. The highest BCUT2D eigenvalue weighted by molar-refractivity contribution is 9.10. The quantitative estimate of drug-likeness (QED) is 0.313. The van der Waals surface area contributed by atoms with Crippen molar-refractivity contribution in [3.63, 3.8) is 0 Å². The third-order valence-corrected chi connectivity index (χ3v) is 7.03. The lowest BCUT2D eigenvalue weighted by Gasteiger charge is -2.29. The molecule has 190 valence electrons. The Morgan fingerprint density at radius 1 is 1.27 bits per heavy atom. The molecule has 12 heteroatoms. The number of aromatic nitrogens is 2. The number of nitrogens with two attached hydrogens (primary N) is 1. The van der Waals surface area contributed by atoms with Gasteiger partial charge in [0.15, 0.2) is 5.75 Å². The molecule has 4 rings (SSSR count). The maximum atomic E-state index is 11.3. The van der Waals surface area contributed by atoms with E-state index in [2.05, 4.69) is 47.1 Å². The molecule has 1 aliphatic heterocycles. The molecule has 0 bridgehead atoms. The molecular weight excluding hydrogens is 581 g/mol. The number of primary amides is 1.